The van der Waals surface area contributed by atoms with Crippen molar-refractivity contribution in [1.29, 1.82) is 0 Å². The van der Waals surface area contributed by atoms with Crippen LogP contribution < -0.4 is 5.32 Å². The van der Waals surface area contributed by atoms with Gasteiger partial charge < -0.3 is 15.2 Å². The molecule has 25 heavy (non-hydrogen) atoms. The first kappa shape index (κ1) is 17.7. The monoisotopic (exact) mass is 363 g/mol. The Morgan fingerprint density at radius 2 is 1.92 bits per heavy atom. The predicted octanol–water partition coefficient (Wildman–Crippen LogP) is 2.87. The van der Waals surface area contributed by atoms with Crippen molar-refractivity contribution in [1.82, 2.24) is 0 Å². The lowest BCUT2D eigenvalue weighted by Crippen LogP contribution is -2.36. The summed E-state index contributed by atoms with van der Waals surface area (Å²) in [4.78, 5) is 37.5. The molecule has 0 saturated heterocycles. The van der Waals surface area contributed by atoms with Gasteiger partial charge in [-0.05, 0) is 37.2 Å². The van der Waals surface area contributed by atoms with E-state index < -0.39 is 23.8 Å². The molecule has 1 fully saturated rings. The highest BCUT2D eigenvalue weighted by Crippen LogP contribution is 2.48. The number of hydrogen-bond acceptors (Lipinski definition) is 5. The fourth-order valence-corrected chi connectivity index (χ4v) is 5.26. The highest BCUT2D eigenvalue weighted by atomic mass is 32.1. The van der Waals surface area contributed by atoms with Crippen molar-refractivity contribution in [3.63, 3.8) is 0 Å². The first-order chi connectivity index (χ1) is 11.9. The highest BCUT2D eigenvalue weighted by molar-refractivity contribution is 7.16. The Kier molecular flexibility index (Phi) is 4.69. The van der Waals surface area contributed by atoms with Crippen molar-refractivity contribution < 1.29 is 24.2 Å². The Bertz CT molecular complexity index is 766. The van der Waals surface area contributed by atoms with Crippen LogP contribution in [-0.2, 0) is 20.7 Å². The number of esters is 1. The first-order valence-corrected chi connectivity index (χ1v) is 9.13. The Hall–Kier alpha value is -2.15. The standard InChI is InChI=1S/C18H21NO5S/c1-4-11-8(2)25-16(14(11)18(23)24-3)19-15(20)12-9-5-6-10(7-9)13(12)17(21)22/h5-6,9-10,12-13H,4,7H2,1-3H3,(H,19,20)(H,21,22)/t9-,10-,12+,13+/m1/s1. The Morgan fingerprint density at radius 3 is 2.48 bits per heavy atom. The third-order valence-corrected chi connectivity index (χ3v) is 6.30. The topological polar surface area (TPSA) is 92.7 Å². The number of anilines is 1. The molecule has 1 saturated carbocycles. The number of carboxylic acid groups (broad SMARTS) is 1. The number of rotatable bonds is 5. The highest BCUT2D eigenvalue weighted by Gasteiger charge is 2.51. The average molecular weight is 363 g/mol. The van der Waals surface area contributed by atoms with Crippen LogP contribution in [0.25, 0.3) is 0 Å². The summed E-state index contributed by atoms with van der Waals surface area (Å²) in [7, 11) is 1.31. The SMILES string of the molecule is CCc1c(C)sc(NC(=O)[C@@H]2[C@@H](C(=O)O)[C@@H]3C=C[C@@H]2C3)c1C(=O)OC. The molecule has 0 spiro atoms. The third-order valence-electron chi connectivity index (χ3n) is 5.24. The van der Waals surface area contributed by atoms with Gasteiger partial charge in [0.2, 0.25) is 5.91 Å². The molecule has 2 aliphatic carbocycles. The fraction of sp³-hybridized carbons (Fsp3) is 0.500. The maximum absolute atomic E-state index is 12.8. The number of hydrogen-bond donors (Lipinski definition) is 2. The molecular formula is C18H21NO5S. The number of fused-ring (bicyclic) bond motifs is 2. The molecule has 7 heteroatoms. The molecular weight excluding hydrogens is 342 g/mol. The number of ether oxygens (including phenoxy) is 1. The summed E-state index contributed by atoms with van der Waals surface area (Å²) in [5.74, 6) is -3.22. The molecule has 1 amide bonds. The molecule has 6 nitrogen and oxygen atoms in total. The summed E-state index contributed by atoms with van der Waals surface area (Å²) in [5.41, 5.74) is 1.24. The molecule has 4 atom stereocenters. The van der Waals surface area contributed by atoms with Crippen LogP contribution in [0.4, 0.5) is 5.00 Å². The van der Waals surface area contributed by atoms with E-state index >= 15 is 0 Å². The fourth-order valence-electron chi connectivity index (χ4n) is 4.12. The van der Waals surface area contributed by atoms with E-state index in [9.17, 15) is 19.5 Å². The number of methoxy groups -OCH3 is 1. The quantitative estimate of drug-likeness (QED) is 0.620. The van der Waals surface area contributed by atoms with Crippen molar-refractivity contribution in [2.45, 2.75) is 26.7 Å². The third kappa shape index (κ3) is 2.86. The number of nitrogens with one attached hydrogen (secondary N) is 1. The number of carboxylic acids is 1. The van der Waals surface area contributed by atoms with E-state index in [0.717, 1.165) is 10.4 Å². The Labute approximate surface area is 149 Å². The Balaban J connectivity index is 1.90. The van der Waals surface area contributed by atoms with Crippen molar-refractivity contribution in [2.24, 2.45) is 23.7 Å². The van der Waals surface area contributed by atoms with Gasteiger partial charge in [0.15, 0.2) is 0 Å². The van der Waals surface area contributed by atoms with E-state index in [4.69, 9.17) is 4.74 Å². The van der Waals surface area contributed by atoms with Crippen molar-refractivity contribution in [2.75, 3.05) is 12.4 Å². The number of allylic oxidation sites excluding steroid dienone is 2. The van der Waals surface area contributed by atoms with Crippen LogP contribution in [0.15, 0.2) is 12.2 Å². The second kappa shape index (κ2) is 6.63. The summed E-state index contributed by atoms with van der Waals surface area (Å²) in [6, 6.07) is 0. The van der Waals surface area contributed by atoms with Crippen molar-refractivity contribution in [3.05, 3.63) is 28.2 Å². The van der Waals surface area contributed by atoms with Gasteiger partial charge in [-0.15, -0.1) is 11.3 Å². The molecule has 1 aromatic rings. The summed E-state index contributed by atoms with van der Waals surface area (Å²) < 4.78 is 4.86. The molecule has 1 aromatic heterocycles. The lowest BCUT2D eigenvalue weighted by Gasteiger charge is -2.23. The lowest BCUT2D eigenvalue weighted by molar-refractivity contribution is -0.146. The number of aryl methyl sites for hydroxylation is 1. The first-order valence-electron chi connectivity index (χ1n) is 8.31. The van der Waals surface area contributed by atoms with Gasteiger partial charge in [0, 0.05) is 4.88 Å². The van der Waals surface area contributed by atoms with Crippen LogP contribution in [-0.4, -0.2) is 30.1 Å². The second-order valence-electron chi connectivity index (χ2n) is 6.51. The van der Waals surface area contributed by atoms with Gasteiger partial charge >= 0.3 is 11.9 Å². The van der Waals surface area contributed by atoms with E-state index in [1.807, 2.05) is 26.0 Å². The Morgan fingerprint density at radius 1 is 1.28 bits per heavy atom. The normalized spacial score (nSPS) is 26.7. The van der Waals surface area contributed by atoms with Crippen molar-refractivity contribution >= 4 is 34.2 Å². The van der Waals surface area contributed by atoms with Crippen LogP contribution >= 0.6 is 11.3 Å². The second-order valence-corrected chi connectivity index (χ2v) is 7.74. The smallest absolute Gasteiger partial charge is 0.341 e. The van der Waals surface area contributed by atoms with E-state index in [1.165, 1.54) is 18.4 Å². The predicted molar refractivity (Wildman–Crippen MR) is 93.8 cm³/mol. The molecule has 2 bridgehead atoms. The van der Waals surface area contributed by atoms with Gasteiger partial charge in [-0.1, -0.05) is 19.1 Å². The molecule has 134 valence electrons. The van der Waals surface area contributed by atoms with Crippen LogP contribution in [0.3, 0.4) is 0 Å². The van der Waals surface area contributed by atoms with Gasteiger partial charge in [0.25, 0.3) is 0 Å². The minimum atomic E-state index is -0.943. The van der Waals surface area contributed by atoms with E-state index in [0.29, 0.717) is 23.4 Å². The van der Waals surface area contributed by atoms with Gasteiger partial charge in [-0.25, -0.2) is 4.79 Å². The zero-order chi connectivity index (χ0) is 18.3. The number of aliphatic carboxylic acids is 1. The number of carbonyl (C=O) groups is 3. The minimum absolute atomic E-state index is 0.0561. The largest absolute Gasteiger partial charge is 0.481 e. The van der Waals surface area contributed by atoms with Gasteiger partial charge in [-0.3, -0.25) is 9.59 Å². The summed E-state index contributed by atoms with van der Waals surface area (Å²) in [5, 5.41) is 12.8. The summed E-state index contributed by atoms with van der Waals surface area (Å²) in [6.45, 7) is 3.83. The molecule has 0 radical (unpaired) electrons. The summed E-state index contributed by atoms with van der Waals surface area (Å²) in [6.07, 6.45) is 5.18. The maximum Gasteiger partial charge on any atom is 0.341 e. The molecule has 0 unspecified atom stereocenters. The molecule has 2 N–H and O–H groups in total. The van der Waals surface area contributed by atoms with Crippen LogP contribution in [0.2, 0.25) is 0 Å². The van der Waals surface area contributed by atoms with E-state index in [2.05, 4.69) is 5.32 Å². The molecule has 0 aliphatic heterocycles. The van der Waals surface area contributed by atoms with Gasteiger partial charge in [0.1, 0.15) is 5.00 Å². The van der Waals surface area contributed by atoms with Crippen molar-refractivity contribution in [3.8, 4) is 0 Å². The number of thiophene rings is 1. The maximum atomic E-state index is 12.8. The molecule has 3 rings (SSSR count). The zero-order valence-corrected chi connectivity index (χ0v) is 15.2. The van der Waals surface area contributed by atoms with Crippen LogP contribution in [0.1, 0.15) is 34.1 Å². The zero-order valence-electron chi connectivity index (χ0n) is 14.4. The molecule has 0 aromatic carbocycles. The van der Waals surface area contributed by atoms with E-state index in [-0.39, 0.29) is 17.7 Å². The van der Waals surface area contributed by atoms with E-state index in [1.54, 1.807) is 0 Å². The number of carbonyl (C=O) groups excluding carboxylic acids is 2. The van der Waals surface area contributed by atoms with Gasteiger partial charge in [0.05, 0.1) is 24.5 Å². The summed E-state index contributed by atoms with van der Waals surface area (Å²) >= 11 is 1.33. The lowest BCUT2D eigenvalue weighted by atomic mass is 9.82. The molecule has 2 aliphatic rings. The van der Waals surface area contributed by atoms with Crippen LogP contribution in [0.5, 0.6) is 0 Å². The average Bonchev–Trinajstić information content (AvgIpc) is 3.26. The van der Waals surface area contributed by atoms with Gasteiger partial charge in [-0.2, -0.15) is 0 Å². The number of amides is 1. The minimum Gasteiger partial charge on any atom is -0.481 e. The van der Waals surface area contributed by atoms with Crippen LogP contribution in [0, 0.1) is 30.6 Å². The molecule has 1 heterocycles.